The van der Waals surface area contributed by atoms with E-state index >= 15 is 0 Å². The quantitative estimate of drug-likeness (QED) is 0.638. The van der Waals surface area contributed by atoms with Crippen molar-refractivity contribution in [1.82, 2.24) is 10.1 Å². The zero-order valence-electron chi connectivity index (χ0n) is 8.91. The Morgan fingerprint density at radius 1 is 1.41 bits per heavy atom. The number of hydrogen-bond acceptors (Lipinski definition) is 4. The van der Waals surface area contributed by atoms with Gasteiger partial charge in [-0.3, -0.25) is 4.79 Å². The average molecular weight is 271 g/mol. The lowest BCUT2D eigenvalue weighted by Gasteiger charge is -2.14. The molecule has 0 saturated carbocycles. The third kappa shape index (κ3) is 2.48. The molecule has 0 spiro atoms. The summed E-state index contributed by atoms with van der Waals surface area (Å²) in [5, 5.41) is 3.38. The lowest BCUT2D eigenvalue weighted by atomic mass is 9.88. The van der Waals surface area contributed by atoms with Gasteiger partial charge in [-0.25, -0.2) is 0 Å². The fraction of sp³-hybridized carbons (Fsp3) is 0.182. The Morgan fingerprint density at radius 3 is 2.47 bits per heavy atom. The summed E-state index contributed by atoms with van der Waals surface area (Å²) in [5.41, 5.74) is 2.85. The van der Waals surface area contributed by atoms with E-state index in [0.717, 1.165) is 16.7 Å². The number of fused-ring (bicyclic) bond motifs is 2. The molecule has 0 saturated heterocycles. The van der Waals surface area contributed by atoms with Crippen molar-refractivity contribution < 1.29 is 9.32 Å². The number of carbonyl (C=O) groups is 1. The molecule has 1 aromatic carbocycles. The van der Waals surface area contributed by atoms with E-state index in [1.807, 2.05) is 25.1 Å². The van der Waals surface area contributed by atoms with E-state index in [9.17, 15) is 4.79 Å². The maximum Gasteiger partial charge on any atom is 0.263 e. The molecule has 2 aromatic rings. The molecule has 1 aromatic heterocycles. The highest BCUT2D eigenvalue weighted by Crippen LogP contribution is 2.23. The zero-order chi connectivity index (χ0) is 12.4. The maximum atomic E-state index is 10.9. The minimum atomic E-state index is 0.0978. The van der Waals surface area contributed by atoms with Crippen LogP contribution in [0.5, 0.6) is 0 Å². The van der Waals surface area contributed by atoms with Crippen molar-refractivity contribution in [3.63, 3.8) is 0 Å². The minimum absolute atomic E-state index is 0.0978. The number of hydrogen-bond donors (Lipinski definition) is 0. The van der Waals surface area contributed by atoms with E-state index in [-0.39, 0.29) is 16.9 Å². The molecule has 0 N–H and O–H groups in total. The fourth-order valence-electron chi connectivity index (χ4n) is 1.37. The van der Waals surface area contributed by atoms with Gasteiger partial charge in [0.2, 0.25) is 5.89 Å². The molecule has 0 aliphatic heterocycles. The lowest BCUT2D eigenvalue weighted by Crippen LogP contribution is -2.13. The Kier molecular flexibility index (Phi) is 3.45. The van der Waals surface area contributed by atoms with Gasteiger partial charge in [0.15, 0.2) is 5.78 Å². The molecule has 6 heteroatoms. The molecule has 2 aliphatic carbocycles. The van der Waals surface area contributed by atoms with Crippen LogP contribution in [0.3, 0.4) is 0 Å². The van der Waals surface area contributed by atoms with E-state index < -0.39 is 0 Å². The van der Waals surface area contributed by atoms with Crippen LogP contribution in [-0.4, -0.2) is 15.9 Å². The molecule has 0 atom stereocenters. The Labute approximate surface area is 108 Å². The predicted octanol–water partition coefficient (Wildman–Crippen LogP) is 3.00. The van der Waals surface area contributed by atoms with Gasteiger partial charge in [0.05, 0.1) is 0 Å². The molecule has 4 rings (SSSR count). The van der Waals surface area contributed by atoms with Gasteiger partial charge in [0, 0.05) is 11.1 Å². The Hall–Kier alpha value is -1.39. The third-order valence-electron chi connectivity index (χ3n) is 2.30. The van der Waals surface area contributed by atoms with Gasteiger partial charge >= 0.3 is 0 Å². The normalized spacial score (nSPS) is 11.6. The number of aromatic nitrogens is 2. The first-order valence-corrected chi connectivity index (χ1v) is 5.72. The first-order chi connectivity index (χ1) is 8.11. The molecule has 0 amide bonds. The van der Waals surface area contributed by atoms with Gasteiger partial charge in [0.25, 0.3) is 5.28 Å². The average Bonchev–Trinajstić information content (AvgIpc) is 2.75. The van der Waals surface area contributed by atoms with Crippen LogP contribution in [0.4, 0.5) is 0 Å². The summed E-state index contributed by atoms with van der Waals surface area (Å²) in [7, 11) is 0. The van der Waals surface area contributed by atoms with E-state index in [2.05, 4.69) is 14.7 Å². The molecule has 4 nitrogen and oxygen atoms in total. The molecule has 0 fully saturated rings. The van der Waals surface area contributed by atoms with Gasteiger partial charge in [-0.15, -0.1) is 11.6 Å². The molecule has 88 valence electrons. The summed E-state index contributed by atoms with van der Waals surface area (Å²) < 4.78 is 4.49. The standard InChI is InChI=1S/C8H6O.C3H2Cl2N2O/c1-5-2-3-6-4-7(5)8(6)9;4-1-2-6-3(5)7-8-2/h2-4H,1H3;1H2. The van der Waals surface area contributed by atoms with E-state index in [1.54, 1.807) is 0 Å². The molecule has 0 radical (unpaired) electrons. The summed E-state index contributed by atoms with van der Waals surface area (Å²) >= 11 is 10.5. The second-order valence-electron chi connectivity index (χ2n) is 3.45. The van der Waals surface area contributed by atoms with Crippen LogP contribution in [0.1, 0.15) is 27.4 Å². The van der Waals surface area contributed by atoms with Gasteiger partial charge in [-0.05, 0) is 35.3 Å². The Morgan fingerprint density at radius 2 is 2.18 bits per heavy atom. The Bertz CT molecular complexity index is 563. The van der Waals surface area contributed by atoms with Gasteiger partial charge in [-0.2, -0.15) is 4.98 Å². The molecule has 17 heavy (non-hydrogen) atoms. The molecule has 0 unspecified atom stereocenters. The monoisotopic (exact) mass is 270 g/mol. The number of benzene rings is 1. The summed E-state index contributed by atoms with van der Waals surface area (Å²) in [4.78, 5) is 14.5. The topological polar surface area (TPSA) is 56.0 Å². The lowest BCUT2D eigenvalue weighted by molar-refractivity contribution is 0.102. The summed E-state index contributed by atoms with van der Waals surface area (Å²) in [6.45, 7) is 1.95. The van der Waals surface area contributed by atoms with Crippen molar-refractivity contribution >= 4 is 29.0 Å². The minimum Gasteiger partial charge on any atom is -0.337 e. The number of ketones is 1. The van der Waals surface area contributed by atoms with Crippen LogP contribution in [0.25, 0.3) is 0 Å². The molecular weight excluding hydrogens is 263 g/mol. The zero-order valence-corrected chi connectivity index (χ0v) is 10.4. The Balaban J connectivity index is 0.000000128. The smallest absolute Gasteiger partial charge is 0.263 e. The summed E-state index contributed by atoms with van der Waals surface area (Å²) in [6, 6.07) is 5.77. The first-order valence-electron chi connectivity index (χ1n) is 4.81. The molecule has 2 bridgehead atoms. The SMILES string of the molecule is Cc1ccc2cc1C2=O.ClCc1nc(Cl)no1. The van der Waals surface area contributed by atoms with Crippen molar-refractivity contribution in [3.8, 4) is 0 Å². The van der Waals surface area contributed by atoms with Crippen LogP contribution >= 0.6 is 23.2 Å². The number of nitrogens with zero attached hydrogens (tertiary/aromatic N) is 2. The van der Waals surface area contributed by atoms with E-state index in [1.165, 1.54) is 0 Å². The van der Waals surface area contributed by atoms with Crippen LogP contribution < -0.4 is 0 Å². The second-order valence-corrected chi connectivity index (χ2v) is 4.05. The molecule has 2 aliphatic rings. The van der Waals surface area contributed by atoms with E-state index in [0.29, 0.717) is 5.89 Å². The van der Waals surface area contributed by atoms with Crippen molar-refractivity contribution in [2.75, 3.05) is 0 Å². The highest BCUT2D eigenvalue weighted by atomic mass is 35.5. The largest absolute Gasteiger partial charge is 0.337 e. The van der Waals surface area contributed by atoms with Gasteiger partial charge < -0.3 is 4.52 Å². The maximum absolute atomic E-state index is 10.9. The number of rotatable bonds is 1. The third-order valence-corrected chi connectivity index (χ3v) is 2.68. The highest BCUT2D eigenvalue weighted by Gasteiger charge is 2.21. The van der Waals surface area contributed by atoms with Crippen molar-refractivity contribution in [3.05, 3.63) is 46.1 Å². The van der Waals surface area contributed by atoms with Gasteiger partial charge in [0.1, 0.15) is 5.88 Å². The number of carbonyl (C=O) groups excluding carboxylic acids is 1. The van der Waals surface area contributed by atoms with Crippen LogP contribution in [0.15, 0.2) is 22.7 Å². The predicted molar refractivity (Wildman–Crippen MR) is 63.5 cm³/mol. The van der Waals surface area contributed by atoms with Crippen LogP contribution in [0, 0.1) is 6.92 Å². The van der Waals surface area contributed by atoms with Crippen LogP contribution in [-0.2, 0) is 5.88 Å². The van der Waals surface area contributed by atoms with Gasteiger partial charge in [-0.1, -0.05) is 12.1 Å². The summed E-state index contributed by atoms with van der Waals surface area (Å²) in [5.74, 6) is 0.770. The van der Waals surface area contributed by atoms with Crippen molar-refractivity contribution in [1.29, 1.82) is 0 Å². The number of alkyl halides is 1. The van der Waals surface area contributed by atoms with Crippen molar-refractivity contribution in [2.24, 2.45) is 0 Å². The number of halogens is 2. The van der Waals surface area contributed by atoms with E-state index in [4.69, 9.17) is 23.2 Å². The fourth-order valence-corrected chi connectivity index (χ4v) is 1.61. The molecular formula is C11H8Cl2N2O2. The first kappa shape index (κ1) is 12.1. The van der Waals surface area contributed by atoms with Crippen molar-refractivity contribution in [2.45, 2.75) is 12.8 Å². The number of aryl methyl sites for hydroxylation is 1. The van der Waals surface area contributed by atoms with Crippen LogP contribution in [0.2, 0.25) is 5.28 Å². The second kappa shape index (κ2) is 4.85. The molecule has 1 heterocycles. The summed E-state index contributed by atoms with van der Waals surface area (Å²) in [6.07, 6.45) is 0. The highest BCUT2D eigenvalue weighted by molar-refractivity contribution is 6.28.